The normalized spacial score (nSPS) is 20.6. The second kappa shape index (κ2) is 9.52. The molecule has 0 spiro atoms. The Morgan fingerprint density at radius 1 is 0.963 bits per heavy atom. The van der Waals surface area contributed by atoms with Crippen LogP contribution in [-0.4, -0.2) is 37.8 Å². The van der Waals surface area contributed by atoms with E-state index in [0.29, 0.717) is 23.1 Å². The SMILES string of the molecule is O=C(NC1CCCCCCC1)c1cc(S(=O)(=O)N2CCCCC2)ccc1Br. The minimum atomic E-state index is -3.55. The van der Waals surface area contributed by atoms with Crippen LogP contribution in [0.3, 0.4) is 0 Å². The van der Waals surface area contributed by atoms with Crippen LogP contribution in [0.5, 0.6) is 0 Å². The van der Waals surface area contributed by atoms with Gasteiger partial charge in [0.15, 0.2) is 0 Å². The maximum Gasteiger partial charge on any atom is 0.252 e. The Morgan fingerprint density at radius 2 is 1.56 bits per heavy atom. The molecule has 7 heteroatoms. The van der Waals surface area contributed by atoms with E-state index < -0.39 is 10.0 Å². The van der Waals surface area contributed by atoms with Gasteiger partial charge in [-0.15, -0.1) is 0 Å². The van der Waals surface area contributed by atoms with E-state index in [0.717, 1.165) is 44.9 Å². The molecule has 1 amide bonds. The van der Waals surface area contributed by atoms with Crippen LogP contribution < -0.4 is 5.32 Å². The third-order valence-electron chi connectivity index (χ3n) is 5.58. The van der Waals surface area contributed by atoms with Crippen molar-refractivity contribution in [3.05, 3.63) is 28.2 Å². The van der Waals surface area contributed by atoms with E-state index in [1.165, 1.54) is 29.6 Å². The van der Waals surface area contributed by atoms with E-state index in [2.05, 4.69) is 21.2 Å². The number of halogens is 1. The molecule has 3 rings (SSSR count). The number of hydrogen-bond donors (Lipinski definition) is 1. The first kappa shape index (κ1) is 20.8. The highest BCUT2D eigenvalue weighted by Gasteiger charge is 2.27. The van der Waals surface area contributed by atoms with Crippen molar-refractivity contribution in [2.24, 2.45) is 0 Å². The molecule has 0 bridgehead atoms. The standard InChI is InChI=1S/C20H29BrN2O3S/c21-19-12-11-17(27(25,26)23-13-7-4-8-14-23)15-18(19)20(24)22-16-9-5-2-1-3-6-10-16/h11-12,15-16H,1-10,13-14H2,(H,22,24). The van der Waals surface area contributed by atoms with Crippen LogP contribution in [0, 0.1) is 0 Å². The number of nitrogens with one attached hydrogen (secondary N) is 1. The molecule has 150 valence electrons. The molecule has 1 saturated heterocycles. The summed E-state index contributed by atoms with van der Waals surface area (Å²) in [5.41, 5.74) is 0.398. The zero-order valence-corrected chi connectivity index (χ0v) is 18.2. The summed E-state index contributed by atoms with van der Waals surface area (Å²) in [6.45, 7) is 1.12. The number of hydrogen-bond acceptors (Lipinski definition) is 3. The van der Waals surface area contributed by atoms with Gasteiger partial charge < -0.3 is 5.32 Å². The van der Waals surface area contributed by atoms with Crippen molar-refractivity contribution in [3.63, 3.8) is 0 Å². The highest BCUT2D eigenvalue weighted by molar-refractivity contribution is 9.10. The summed E-state index contributed by atoms with van der Waals surface area (Å²) in [4.78, 5) is 13.0. The Morgan fingerprint density at radius 3 is 2.22 bits per heavy atom. The van der Waals surface area contributed by atoms with E-state index in [-0.39, 0.29) is 16.8 Å². The summed E-state index contributed by atoms with van der Waals surface area (Å²) < 4.78 is 28.0. The number of amides is 1. The predicted octanol–water partition coefficient (Wildman–Crippen LogP) is 4.47. The molecule has 1 aliphatic heterocycles. The maximum atomic E-state index is 12.9. The zero-order chi connectivity index (χ0) is 19.3. The fourth-order valence-electron chi connectivity index (χ4n) is 3.96. The Bertz CT molecular complexity index is 752. The van der Waals surface area contributed by atoms with E-state index in [4.69, 9.17) is 0 Å². The maximum absolute atomic E-state index is 12.9. The van der Waals surface area contributed by atoms with Gasteiger partial charge in [0.2, 0.25) is 10.0 Å². The molecular weight excluding hydrogens is 428 g/mol. The van der Waals surface area contributed by atoms with E-state index in [9.17, 15) is 13.2 Å². The van der Waals surface area contributed by atoms with Gasteiger partial charge in [0.25, 0.3) is 5.91 Å². The van der Waals surface area contributed by atoms with Crippen molar-refractivity contribution < 1.29 is 13.2 Å². The lowest BCUT2D eigenvalue weighted by atomic mass is 9.96. The van der Waals surface area contributed by atoms with Gasteiger partial charge in [-0.05, 0) is 59.8 Å². The van der Waals surface area contributed by atoms with Gasteiger partial charge in [0, 0.05) is 23.6 Å². The Kier molecular flexibility index (Phi) is 7.34. The lowest BCUT2D eigenvalue weighted by Gasteiger charge is -2.26. The molecule has 1 N–H and O–H groups in total. The van der Waals surface area contributed by atoms with Crippen molar-refractivity contribution in [3.8, 4) is 0 Å². The molecule has 2 aliphatic rings. The van der Waals surface area contributed by atoms with Crippen LogP contribution in [0.4, 0.5) is 0 Å². The third-order valence-corrected chi connectivity index (χ3v) is 8.16. The minimum absolute atomic E-state index is 0.173. The van der Waals surface area contributed by atoms with Gasteiger partial charge in [0.05, 0.1) is 10.5 Å². The van der Waals surface area contributed by atoms with Crippen molar-refractivity contribution in [1.29, 1.82) is 0 Å². The van der Waals surface area contributed by atoms with Crippen molar-refractivity contribution >= 4 is 31.9 Å². The second-order valence-corrected chi connectivity index (χ2v) is 10.4. The Hall–Kier alpha value is -0.920. The van der Waals surface area contributed by atoms with Gasteiger partial charge in [-0.1, -0.05) is 38.5 Å². The highest BCUT2D eigenvalue weighted by atomic mass is 79.9. The number of nitrogens with zero attached hydrogens (tertiary/aromatic N) is 1. The summed E-state index contributed by atoms with van der Waals surface area (Å²) in [7, 11) is -3.55. The van der Waals surface area contributed by atoms with Gasteiger partial charge in [0.1, 0.15) is 0 Å². The molecule has 5 nitrogen and oxygen atoms in total. The largest absolute Gasteiger partial charge is 0.349 e. The first-order valence-corrected chi connectivity index (χ1v) is 12.3. The fourth-order valence-corrected chi connectivity index (χ4v) is 5.93. The lowest BCUT2D eigenvalue weighted by Crippen LogP contribution is -2.37. The topological polar surface area (TPSA) is 66.5 Å². The average molecular weight is 457 g/mol. The van der Waals surface area contributed by atoms with E-state index in [1.54, 1.807) is 12.1 Å². The van der Waals surface area contributed by atoms with Crippen LogP contribution in [-0.2, 0) is 10.0 Å². The molecule has 27 heavy (non-hydrogen) atoms. The number of sulfonamides is 1. The summed E-state index contributed by atoms with van der Waals surface area (Å²) in [6, 6.07) is 4.95. The van der Waals surface area contributed by atoms with Gasteiger partial charge in [-0.3, -0.25) is 4.79 Å². The molecule has 0 radical (unpaired) electrons. The Labute approximate surface area is 171 Å². The molecule has 0 unspecified atom stereocenters. The predicted molar refractivity (Wildman–Crippen MR) is 110 cm³/mol. The quantitative estimate of drug-likeness (QED) is 0.726. The smallest absolute Gasteiger partial charge is 0.252 e. The van der Waals surface area contributed by atoms with Gasteiger partial charge in [-0.25, -0.2) is 8.42 Å². The van der Waals surface area contributed by atoms with Crippen LogP contribution in [0.1, 0.15) is 74.6 Å². The first-order chi connectivity index (χ1) is 13.0. The molecule has 1 aromatic carbocycles. The van der Waals surface area contributed by atoms with Gasteiger partial charge >= 0.3 is 0 Å². The van der Waals surface area contributed by atoms with Crippen molar-refractivity contribution in [2.45, 2.75) is 75.1 Å². The number of benzene rings is 1. The number of piperidine rings is 1. The third kappa shape index (κ3) is 5.33. The van der Waals surface area contributed by atoms with Crippen LogP contribution in [0.25, 0.3) is 0 Å². The molecule has 1 heterocycles. The second-order valence-electron chi connectivity index (χ2n) is 7.62. The summed E-state index contributed by atoms with van der Waals surface area (Å²) >= 11 is 3.42. The number of carbonyl (C=O) groups excluding carboxylic acids is 1. The van der Waals surface area contributed by atoms with Crippen LogP contribution in [0.15, 0.2) is 27.6 Å². The van der Waals surface area contributed by atoms with E-state index >= 15 is 0 Å². The lowest BCUT2D eigenvalue weighted by molar-refractivity contribution is 0.0929. The molecular formula is C20H29BrN2O3S. The summed E-state index contributed by atoms with van der Waals surface area (Å²) in [5, 5.41) is 3.12. The molecule has 1 aromatic rings. The van der Waals surface area contributed by atoms with Crippen molar-refractivity contribution in [1.82, 2.24) is 9.62 Å². The van der Waals surface area contributed by atoms with Gasteiger partial charge in [-0.2, -0.15) is 4.31 Å². The summed E-state index contributed by atoms with van der Waals surface area (Å²) in [6.07, 6.45) is 10.8. The number of carbonyl (C=O) groups is 1. The minimum Gasteiger partial charge on any atom is -0.349 e. The molecule has 0 aromatic heterocycles. The number of rotatable bonds is 4. The first-order valence-electron chi connectivity index (χ1n) is 10.1. The molecule has 1 saturated carbocycles. The molecule has 0 atom stereocenters. The highest BCUT2D eigenvalue weighted by Crippen LogP contribution is 2.26. The zero-order valence-electron chi connectivity index (χ0n) is 15.8. The fraction of sp³-hybridized carbons (Fsp3) is 0.650. The summed E-state index contributed by atoms with van der Waals surface area (Å²) in [5.74, 6) is -0.192. The average Bonchev–Trinajstić information content (AvgIpc) is 2.64. The van der Waals surface area contributed by atoms with Crippen LogP contribution in [0.2, 0.25) is 0 Å². The van der Waals surface area contributed by atoms with Crippen LogP contribution >= 0.6 is 15.9 Å². The monoisotopic (exact) mass is 456 g/mol. The molecule has 1 aliphatic carbocycles. The Balaban J connectivity index is 1.77. The molecule has 2 fully saturated rings. The van der Waals surface area contributed by atoms with E-state index in [1.807, 2.05) is 0 Å². The van der Waals surface area contributed by atoms with Crippen molar-refractivity contribution in [2.75, 3.05) is 13.1 Å².